The fourth-order valence-corrected chi connectivity index (χ4v) is 10.9. The van der Waals surface area contributed by atoms with Gasteiger partial charge in [-0.15, -0.1) is 11.3 Å². The summed E-state index contributed by atoms with van der Waals surface area (Å²) in [7, 11) is 0. The molecule has 0 aliphatic heterocycles. The zero-order valence-corrected chi connectivity index (χ0v) is 28.4. The third kappa shape index (κ3) is 3.41. The van der Waals surface area contributed by atoms with Crippen molar-refractivity contribution in [2.45, 2.75) is 5.41 Å². The van der Waals surface area contributed by atoms with Gasteiger partial charge in [0.15, 0.2) is 0 Å². The summed E-state index contributed by atoms with van der Waals surface area (Å²) in [6.45, 7) is 0. The summed E-state index contributed by atoms with van der Waals surface area (Å²) in [5.41, 5.74) is 19.5. The highest BCUT2D eigenvalue weighted by atomic mass is 32.1. The Labute approximate surface area is 300 Å². The Morgan fingerprint density at radius 2 is 0.961 bits per heavy atom. The Morgan fingerprint density at radius 1 is 0.392 bits per heavy atom. The van der Waals surface area contributed by atoms with Crippen LogP contribution in [0.3, 0.4) is 0 Å². The molecule has 1 unspecified atom stereocenters. The van der Waals surface area contributed by atoms with Crippen LogP contribution in [-0.2, 0) is 5.41 Å². The van der Waals surface area contributed by atoms with Crippen molar-refractivity contribution >= 4 is 48.6 Å². The van der Waals surface area contributed by atoms with Gasteiger partial charge in [-0.05, 0) is 91.5 Å². The zero-order valence-electron chi connectivity index (χ0n) is 27.6. The summed E-state index contributed by atoms with van der Waals surface area (Å²) >= 11 is 1.89. The van der Waals surface area contributed by atoms with Gasteiger partial charge in [0.1, 0.15) is 0 Å². The standard InChI is InChI=1S/C49H29NS/c1-2-13-30(14-3-1)32-15-5-8-24-43(32)50(44-25-12-22-40-35-17-6-9-26-45(35)51-48(40)44)31-27-28-34-37-19-11-21-39-38-20-10-18-36-33-16-4-7-23-41(33)49(46(36)38,47(37)39)42(34)29-31/h1-29H. The first kappa shape index (κ1) is 27.6. The highest BCUT2D eigenvalue weighted by molar-refractivity contribution is 7.26. The van der Waals surface area contributed by atoms with Crippen LogP contribution < -0.4 is 4.90 Å². The monoisotopic (exact) mass is 663 g/mol. The Morgan fingerprint density at radius 3 is 1.76 bits per heavy atom. The maximum atomic E-state index is 2.53. The number of thiophene rings is 1. The van der Waals surface area contributed by atoms with E-state index in [1.54, 1.807) is 0 Å². The molecule has 0 bridgehead atoms. The van der Waals surface area contributed by atoms with Crippen molar-refractivity contribution in [1.29, 1.82) is 0 Å². The lowest BCUT2D eigenvalue weighted by Gasteiger charge is -2.31. The van der Waals surface area contributed by atoms with Gasteiger partial charge in [0.05, 0.1) is 21.5 Å². The number of fused-ring (bicyclic) bond motifs is 8. The number of nitrogens with zero attached hydrogens (tertiary/aromatic N) is 1. The van der Waals surface area contributed by atoms with Gasteiger partial charge in [0.25, 0.3) is 0 Å². The van der Waals surface area contributed by atoms with Crippen molar-refractivity contribution < 1.29 is 0 Å². The average molecular weight is 664 g/mol. The Hall–Kier alpha value is -6.22. The normalized spacial score (nSPS) is 15.5. The second kappa shape index (κ2) is 9.94. The van der Waals surface area contributed by atoms with E-state index in [4.69, 9.17) is 0 Å². The van der Waals surface area contributed by atoms with Gasteiger partial charge in [0.2, 0.25) is 0 Å². The molecule has 0 N–H and O–H groups in total. The zero-order chi connectivity index (χ0) is 33.3. The molecule has 1 nitrogen and oxygen atoms in total. The SMILES string of the molecule is c1ccc(-c2ccccc2N(c2ccc3c(c2)C24c5ccccc5-c5cccc(c52)-c2cccc-3c24)c2cccc3c2sc2ccccc23)cc1. The summed E-state index contributed by atoms with van der Waals surface area (Å²) in [4.78, 5) is 2.53. The summed E-state index contributed by atoms with van der Waals surface area (Å²) in [6, 6.07) is 65.7. The molecule has 0 radical (unpaired) electrons. The first-order valence-electron chi connectivity index (χ1n) is 17.7. The third-order valence-electron chi connectivity index (χ3n) is 11.6. The minimum absolute atomic E-state index is 0.339. The van der Waals surface area contributed by atoms with Crippen molar-refractivity contribution in [3.05, 3.63) is 198 Å². The van der Waals surface area contributed by atoms with Crippen LogP contribution >= 0.6 is 11.3 Å². The maximum absolute atomic E-state index is 2.53. The lowest BCUT2D eigenvalue weighted by Crippen LogP contribution is -2.23. The van der Waals surface area contributed by atoms with Gasteiger partial charge in [-0.1, -0.05) is 146 Å². The van der Waals surface area contributed by atoms with Gasteiger partial charge in [-0.25, -0.2) is 0 Å². The molecule has 0 saturated heterocycles. The van der Waals surface area contributed by atoms with E-state index in [-0.39, 0.29) is 5.41 Å². The minimum Gasteiger partial charge on any atom is -0.308 e. The second-order valence-corrected chi connectivity index (χ2v) is 15.0. The smallest absolute Gasteiger partial charge is 0.0738 e. The predicted molar refractivity (Wildman–Crippen MR) is 215 cm³/mol. The van der Waals surface area contributed by atoms with Gasteiger partial charge in [0, 0.05) is 26.7 Å². The van der Waals surface area contributed by atoms with E-state index in [1.165, 1.54) is 104 Å². The fraction of sp³-hybridized carbons (Fsp3) is 0.0204. The summed E-state index contributed by atoms with van der Waals surface area (Å²) in [6.07, 6.45) is 0. The molecule has 8 aromatic carbocycles. The first-order valence-corrected chi connectivity index (χ1v) is 18.5. The quantitative estimate of drug-likeness (QED) is 0.181. The molecule has 1 aromatic heterocycles. The van der Waals surface area contributed by atoms with Crippen LogP contribution in [0.1, 0.15) is 22.3 Å². The van der Waals surface area contributed by atoms with Gasteiger partial charge in [-0.2, -0.15) is 0 Å². The maximum Gasteiger partial charge on any atom is 0.0738 e. The van der Waals surface area contributed by atoms with E-state index in [9.17, 15) is 0 Å². The van der Waals surface area contributed by atoms with Crippen LogP contribution in [0.15, 0.2) is 176 Å². The number of rotatable bonds is 4. The van der Waals surface area contributed by atoms with Crippen molar-refractivity contribution in [1.82, 2.24) is 0 Å². The molecule has 3 aliphatic rings. The Kier molecular flexibility index (Phi) is 5.38. The van der Waals surface area contributed by atoms with Crippen LogP contribution in [0, 0.1) is 0 Å². The largest absolute Gasteiger partial charge is 0.308 e. The molecule has 1 spiro atoms. The van der Waals surface area contributed by atoms with Crippen LogP contribution in [0.4, 0.5) is 17.1 Å². The molecular formula is C49H29NS. The summed E-state index contributed by atoms with van der Waals surface area (Å²) < 4.78 is 2.61. The van der Waals surface area contributed by atoms with Crippen molar-refractivity contribution in [2.75, 3.05) is 4.90 Å². The number of anilines is 3. The van der Waals surface area contributed by atoms with E-state index in [0.29, 0.717) is 0 Å². The van der Waals surface area contributed by atoms with Crippen molar-refractivity contribution in [3.63, 3.8) is 0 Å². The number of hydrogen-bond donors (Lipinski definition) is 0. The number of para-hydroxylation sites is 1. The summed E-state index contributed by atoms with van der Waals surface area (Å²) in [5.74, 6) is 0. The van der Waals surface area contributed by atoms with Crippen LogP contribution in [0.5, 0.6) is 0 Å². The van der Waals surface area contributed by atoms with Gasteiger partial charge < -0.3 is 4.90 Å². The van der Waals surface area contributed by atoms with Crippen molar-refractivity contribution in [3.8, 4) is 44.5 Å². The molecule has 0 amide bonds. The Bertz CT molecular complexity index is 2900. The molecule has 1 heterocycles. The predicted octanol–water partition coefficient (Wildman–Crippen LogP) is 13.5. The molecule has 3 aliphatic carbocycles. The first-order chi connectivity index (χ1) is 25.3. The van der Waals surface area contributed by atoms with Crippen molar-refractivity contribution in [2.24, 2.45) is 0 Å². The third-order valence-corrected chi connectivity index (χ3v) is 12.8. The highest BCUT2D eigenvalue weighted by Gasteiger charge is 2.57. The molecule has 236 valence electrons. The Balaban J connectivity index is 1.19. The topological polar surface area (TPSA) is 3.24 Å². The van der Waals surface area contributed by atoms with E-state index >= 15 is 0 Å². The van der Waals surface area contributed by atoms with E-state index in [1.807, 2.05) is 11.3 Å². The van der Waals surface area contributed by atoms with Crippen LogP contribution in [0.25, 0.3) is 64.7 Å². The highest BCUT2D eigenvalue weighted by Crippen LogP contribution is 2.70. The fourth-order valence-electron chi connectivity index (χ4n) is 9.73. The molecule has 51 heavy (non-hydrogen) atoms. The lowest BCUT2D eigenvalue weighted by atomic mass is 9.73. The summed E-state index contributed by atoms with van der Waals surface area (Å²) in [5, 5.41) is 2.61. The molecule has 9 aromatic rings. The molecular weight excluding hydrogens is 635 g/mol. The molecule has 2 heteroatoms. The molecule has 0 saturated carbocycles. The van der Waals surface area contributed by atoms with E-state index in [2.05, 4.69) is 181 Å². The number of benzene rings is 8. The van der Waals surface area contributed by atoms with E-state index in [0.717, 1.165) is 0 Å². The van der Waals surface area contributed by atoms with E-state index < -0.39 is 0 Å². The lowest BCUT2D eigenvalue weighted by molar-refractivity contribution is 0.818. The molecule has 12 rings (SSSR count). The minimum atomic E-state index is -0.339. The molecule has 1 atom stereocenters. The van der Waals surface area contributed by atoms with Gasteiger partial charge in [-0.3, -0.25) is 0 Å². The molecule has 0 fully saturated rings. The van der Waals surface area contributed by atoms with Crippen LogP contribution in [-0.4, -0.2) is 0 Å². The van der Waals surface area contributed by atoms with Gasteiger partial charge >= 0.3 is 0 Å². The number of hydrogen-bond acceptors (Lipinski definition) is 2. The average Bonchev–Trinajstić information content (AvgIpc) is 3.91. The van der Waals surface area contributed by atoms with Crippen LogP contribution in [0.2, 0.25) is 0 Å². The second-order valence-electron chi connectivity index (χ2n) is 14.0.